The van der Waals surface area contributed by atoms with E-state index in [1.165, 1.54) is 44.4 Å². The van der Waals surface area contributed by atoms with Crippen LogP contribution in [0.15, 0.2) is 60.4 Å². The lowest BCUT2D eigenvalue weighted by Gasteiger charge is -2.35. The van der Waals surface area contributed by atoms with Gasteiger partial charge >= 0.3 is 12.2 Å². The van der Waals surface area contributed by atoms with Gasteiger partial charge in [-0.2, -0.15) is 0 Å². The number of nitrogens with one attached hydrogen (secondary N) is 4. The molecule has 4 N–H and O–H groups in total. The summed E-state index contributed by atoms with van der Waals surface area (Å²) >= 11 is 0. The quantitative estimate of drug-likeness (QED) is 0.0548. The molecule has 432 valence electrons. The number of halogens is 3. The number of rotatable bonds is 18. The molecule has 0 radical (unpaired) electrons. The SMILES string of the molecule is C=CC.C=N/C=C(\NCCC)c1cc2c(cc1F)C(C)(C)c1ccc(-c3cnc(C(C)C)[nH]3)cc1O2.CC.CC#CCC(F)CN(C)C(=O)CNC(=O)OC.CCC.COC(=O)NC(C(=O)N(CC(C)F)C(C)C)C(C)C. The van der Waals surface area contributed by atoms with E-state index in [0.29, 0.717) is 29.5 Å². The van der Waals surface area contributed by atoms with Crippen molar-refractivity contribution in [3.8, 4) is 34.6 Å². The van der Waals surface area contributed by atoms with Gasteiger partial charge < -0.3 is 44.9 Å². The molecule has 2 aromatic carbocycles. The minimum atomic E-state index is -1.19. The molecule has 77 heavy (non-hydrogen) atoms. The molecule has 0 saturated carbocycles. The van der Waals surface area contributed by atoms with Gasteiger partial charge in [0.05, 0.1) is 44.9 Å². The summed E-state index contributed by atoms with van der Waals surface area (Å²) in [6.45, 7) is 38.2. The Morgan fingerprint density at radius 3 is 2.00 bits per heavy atom. The number of carbonyl (C=O) groups excluding carboxylic acids is 4. The van der Waals surface area contributed by atoms with Gasteiger partial charge in [0.1, 0.15) is 48.1 Å². The maximum Gasteiger partial charge on any atom is 0.407 e. The highest BCUT2D eigenvalue weighted by Crippen LogP contribution is 2.49. The number of hydrogen-bond acceptors (Lipinski definition) is 10. The van der Waals surface area contributed by atoms with Crippen molar-refractivity contribution < 1.29 is 46.6 Å². The van der Waals surface area contributed by atoms with Gasteiger partial charge in [-0.05, 0) is 71.9 Å². The van der Waals surface area contributed by atoms with E-state index in [1.54, 1.807) is 31.3 Å². The van der Waals surface area contributed by atoms with Crippen LogP contribution >= 0.6 is 0 Å². The average Bonchev–Trinajstić information content (AvgIpc) is 3.89. The van der Waals surface area contributed by atoms with Crippen LogP contribution in [0.3, 0.4) is 0 Å². The summed E-state index contributed by atoms with van der Waals surface area (Å²) in [6, 6.07) is 8.64. The topological polar surface area (TPSA) is 180 Å². The molecule has 1 aromatic heterocycles. The number of imidazole rings is 1. The maximum absolute atomic E-state index is 15.2. The Bertz CT molecular complexity index is 2350. The van der Waals surface area contributed by atoms with Gasteiger partial charge in [-0.3, -0.25) is 14.6 Å². The number of likely N-dealkylation sites (N-methyl/N-ethyl adjacent to an activating group) is 1. The molecule has 0 spiro atoms. The summed E-state index contributed by atoms with van der Waals surface area (Å²) in [5.41, 5.74) is 4.35. The number of aromatic amines is 1. The third kappa shape index (κ3) is 25.3. The number of alkyl halides is 2. The van der Waals surface area contributed by atoms with Crippen molar-refractivity contribution in [1.82, 2.24) is 35.7 Å². The number of alkyl carbamates (subject to hydrolysis) is 2. The number of fused-ring (bicyclic) bond motifs is 2. The van der Waals surface area contributed by atoms with Crippen LogP contribution in [0.5, 0.6) is 11.5 Å². The monoisotopic (exact) mass is 1080 g/mol. The van der Waals surface area contributed by atoms with E-state index < -0.39 is 36.0 Å². The molecule has 3 atom stereocenters. The molecule has 3 unspecified atom stereocenters. The van der Waals surface area contributed by atoms with E-state index in [1.807, 2.05) is 60.7 Å². The molecule has 1 aliphatic heterocycles. The second-order valence-electron chi connectivity index (χ2n) is 18.9. The molecule has 2 heterocycles. The largest absolute Gasteiger partial charge is 0.457 e. The Labute approximate surface area is 459 Å². The van der Waals surface area contributed by atoms with Crippen molar-refractivity contribution in [3.05, 3.63) is 83.7 Å². The zero-order chi connectivity index (χ0) is 59.6. The summed E-state index contributed by atoms with van der Waals surface area (Å²) in [5.74, 6) is 6.75. The molecular weight excluding hydrogens is 990 g/mol. The first kappa shape index (κ1) is 72.3. The molecule has 4 amide bonds. The second-order valence-corrected chi connectivity index (χ2v) is 18.9. The fourth-order valence-electron chi connectivity index (χ4n) is 6.96. The first-order valence-corrected chi connectivity index (χ1v) is 26.4. The van der Waals surface area contributed by atoms with Crippen LogP contribution in [-0.4, -0.2) is 122 Å². The zero-order valence-corrected chi connectivity index (χ0v) is 49.7. The molecule has 0 bridgehead atoms. The molecule has 0 saturated heterocycles. The van der Waals surface area contributed by atoms with Gasteiger partial charge in [-0.1, -0.05) is 101 Å². The highest BCUT2D eigenvalue weighted by Gasteiger charge is 2.36. The van der Waals surface area contributed by atoms with Crippen LogP contribution in [0.1, 0.15) is 158 Å². The minimum absolute atomic E-state index is 0.0164. The van der Waals surface area contributed by atoms with Crippen molar-refractivity contribution in [3.63, 3.8) is 0 Å². The molecule has 0 aliphatic carbocycles. The van der Waals surface area contributed by atoms with Crippen LogP contribution in [0.4, 0.5) is 22.8 Å². The molecule has 15 nitrogen and oxygen atoms in total. The molecular formula is C59H93F3N8O7. The normalized spacial score (nSPS) is 12.6. The summed E-state index contributed by atoms with van der Waals surface area (Å²) in [4.78, 5) is 60.2. The van der Waals surface area contributed by atoms with Gasteiger partial charge in [0.15, 0.2) is 0 Å². The number of amides is 4. The Balaban J connectivity index is 0. The molecule has 0 fully saturated rings. The summed E-state index contributed by atoms with van der Waals surface area (Å²) in [5, 5.41) is 7.96. The molecule has 3 aromatic rings. The van der Waals surface area contributed by atoms with Gasteiger partial charge in [-0.25, -0.2) is 27.7 Å². The number of hydrogen-bond donors (Lipinski definition) is 4. The summed E-state index contributed by atoms with van der Waals surface area (Å²) in [7, 11) is 3.90. The van der Waals surface area contributed by atoms with E-state index in [4.69, 9.17) is 4.74 Å². The van der Waals surface area contributed by atoms with Crippen molar-refractivity contribution in [2.45, 2.75) is 166 Å². The number of H-pyrrole nitrogens is 1. The van der Waals surface area contributed by atoms with Gasteiger partial charge in [0.25, 0.3) is 0 Å². The van der Waals surface area contributed by atoms with Crippen molar-refractivity contribution in [2.24, 2.45) is 10.9 Å². The lowest BCUT2D eigenvalue weighted by molar-refractivity contribution is -0.137. The zero-order valence-electron chi connectivity index (χ0n) is 49.7. The standard InChI is InChI=1S/C27H31FN4O.C13H25FN2O3.C11H17FN2O3.C3H8.C3H6.C2H6/c1-7-10-30-23(14-29-6)18-12-25-20(13-21(18)28)27(4,5)19-9-8-17(11-24(19)33-25)22-15-31-26(32-22)16(2)3;1-8(2)11(15-13(18)19-6)12(17)16(9(3)4)7-10(5)14;1-4-5-6-9(12)8-14(2)10(15)7-13-11(16)17-3;2*1-3-2;1-2/h8-9,11-16,30H,6-7,10H2,1-5H3,(H,31,32);8-11H,7H2,1-6H3,(H,15,18);9H,6-8H2,1-3H3,(H,13,16);3H2,1-2H3;3H,1H2,2H3;1-2H3/b23-14-;;;;;. The van der Waals surface area contributed by atoms with Crippen molar-refractivity contribution in [1.29, 1.82) is 0 Å². The number of aliphatic imine (C=N–C) groups is 1. The highest BCUT2D eigenvalue weighted by molar-refractivity contribution is 5.86. The minimum Gasteiger partial charge on any atom is -0.457 e. The predicted octanol–water partition coefficient (Wildman–Crippen LogP) is 12.9. The van der Waals surface area contributed by atoms with Crippen molar-refractivity contribution in [2.75, 3.05) is 47.4 Å². The molecule has 18 heteroatoms. The Hall–Kier alpha value is -6.77. The lowest BCUT2D eigenvalue weighted by Crippen LogP contribution is -2.54. The molecule has 4 rings (SSSR count). The van der Waals surface area contributed by atoms with Gasteiger partial charge in [0, 0.05) is 65.8 Å². The van der Waals surface area contributed by atoms with E-state index in [-0.39, 0.29) is 55.6 Å². The number of carbonyl (C=O) groups is 4. The first-order chi connectivity index (χ1) is 36.3. The van der Waals surface area contributed by atoms with Crippen LogP contribution in [-0.2, 0) is 24.5 Å². The van der Waals surface area contributed by atoms with Crippen LogP contribution in [0.25, 0.3) is 17.0 Å². The average molecular weight is 1080 g/mol. The number of aromatic nitrogens is 2. The Kier molecular flexibility index (Phi) is 36.4. The summed E-state index contributed by atoms with van der Waals surface area (Å²) in [6.07, 6.45) is 3.75. The number of allylic oxidation sites excluding steroid dienone is 1. The number of benzene rings is 2. The number of methoxy groups -OCH3 is 2. The van der Waals surface area contributed by atoms with E-state index in [0.717, 1.165) is 40.4 Å². The maximum atomic E-state index is 15.2. The van der Waals surface area contributed by atoms with Crippen LogP contribution in [0.2, 0.25) is 0 Å². The molecule has 1 aliphatic rings. The van der Waals surface area contributed by atoms with E-state index in [9.17, 15) is 28.0 Å². The van der Waals surface area contributed by atoms with E-state index in [2.05, 4.69) is 126 Å². The fourth-order valence-corrected chi connectivity index (χ4v) is 6.96. The smallest absolute Gasteiger partial charge is 0.407 e. The third-order valence-corrected chi connectivity index (χ3v) is 10.9. The highest BCUT2D eigenvalue weighted by atomic mass is 19.1. The predicted molar refractivity (Wildman–Crippen MR) is 308 cm³/mol. The van der Waals surface area contributed by atoms with Crippen molar-refractivity contribution >= 4 is 36.4 Å². The Morgan fingerprint density at radius 1 is 0.935 bits per heavy atom. The number of nitrogens with zero attached hydrogens (tertiary/aromatic N) is 4. The van der Waals surface area contributed by atoms with Gasteiger partial charge in [0.2, 0.25) is 11.8 Å². The number of ether oxygens (including phenoxy) is 3. The van der Waals surface area contributed by atoms with Crippen LogP contribution in [0, 0.1) is 23.6 Å². The Morgan fingerprint density at radius 2 is 1.52 bits per heavy atom. The third-order valence-electron chi connectivity index (χ3n) is 10.9. The fraction of sp³-hybridized carbons (Fsp3) is 0.559. The summed E-state index contributed by atoms with van der Waals surface area (Å²) < 4.78 is 56.8. The van der Waals surface area contributed by atoms with E-state index >= 15 is 4.39 Å². The van der Waals surface area contributed by atoms with Gasteiger partial charge in [-0.15, -0.1) is 18.4 Å². The van der Waals surface area contributed by atoms with Crippen LogP contribution < -0.4 is 20.7 Å². The lowest BCUT2D eigenvalue weighted by atomic mass is 9.75. The first-order valence-electron chi connectivity index (χ1n) is 26.4. The second kappa shape index (κ2) is 38.7.